The molecule has 2 aromatic heterocycles. The number of aromatic nitrogens is 4. The number of amides is 1. The van der Waals surface area contributed by atoms with Gasteiger partial charge in [-0.05, 0) is 17.7 Å². The molecule has 0 saturated heterocycles. The fourth-order valence-corrected chi connectivity index (χ4v) is 2.59. The number of aromatic amines is 1. The summed E-state index contributed by atoms with van der Waals surface area (Å²) >= 11 is 0. The Morgan fingerprint density at radius 3 is 2.67 bits per heavy atom. The van der Waals surface area contributed by atoms with Crippen molar-refractivity contribution >= 4 is 22.5 Å². The van der Waals surface area contributed by atoms with Crippen molar-refractivity contribution in [1.82, 2.24) is 25.1 Å². The average Bonchev–Trinajstić information content (AvgIpc) is 3.05. The quantitative estimate of drug-likeness (QED) is 0.598. The molecule has 2 heterocycles. The Labute approximate surface area is 135 Å². The smallest absolute Gasteiger partial charge is 0.281 e. The number of H-pyrrole nitrogens is 1. The van der Waals surface area contributed by atoms with E-state index in [1.807, 2.05) is 36.4 Å². The highest BCUT2D eigenvalue weighted by Crippen LogP contribution is 2.12. The average molecular weight is 319 g/mol. The van der Waals surface area contributed by atoms with Crippen LogP contribution in [0.2, 0.25) is 0 Å². The van der Waals surface area contributed by atoms with Gasteiger partial charge in [0.1, 0.15) is 0 Å². The number of rotatable bonds is 3. The zero-order valence-corrected chi connectivity index (χ0v) is 12.6. The molecule has 0 fully saturated rings. The van der Waals surface area contributed by atoms with Gasteiger partial charge in [0.2, 0.25) is 0 Å². The predicted molar refractivity (Wildman–Crippen MR) is 88.7 cm³/mol. The van der Waals surface area contributed by atoms with Crippen LogP contribution in [-0.4, -0.2) is 25.7 Å². The van der Waals surface area contributed by atoms with Crippen molar-refractivity contribution in [3.05, 3.63) is 76.2 Å². The van der Waals surface area contributed by atoms with Crippen molar-refractivity contribution < 1.29 is 4.79 Å². The van der Waals surface area contributed by atoms with Crippen molar-refractivity contribution in [1.29, 1.82) is 0 Å². The Morgan fingerprint density at radius 1 is 1.08 bits per heavy atom. The number of para-hydroxylation sites is 1. The van der Waals surface area contributed by atoms with Gasteiger partial charge in [0.25, 0.3) is 11.5 Å². The number of hydrogen-bond acceptors (Lipinski definition) is 4. The Balaban J connectivity index is 1.72. The molecule has 0 radical (unpaired) electrons. The van der Waals surface area contributed by atoms with Gasteiger partial charge in [-0.2, -0.15) is 4.98 Å². The second-order valence-corrected chi connectivity index (χ2v) is 5.32. The summed E-state index contributed by atoms with van der Waals surface area (Å²) in [6.45, 7) is 0.372. The number of carbonyl (C=O) groups excluding carboxylic acids is 1. The predicted octanol–water partition coefficient (Wildman–Crippen LogP) is 1.50. The fraction of sp³-hybridized carbons (Fsp3) is 0.0588. The Morgan fingerprint density at radius 2 is 1.83 bits per heavy atom. The second kappa shape index (κ2) is 5.62. The van der Waals surface area contributed by atoms with E-state index in [0.717, 1.165) is 5.56 Å². The molecule has 0 bridgehead atoms. The maximum atomic E-state index is 12.4. The Bertz CT molecular complexity index is 1100. The largest absolute Gasteiger partial charge is 0.346 e. The van der Waals surface area contributed by atoms with Crippen molar-refractivity contribution in [3.63, 3.8) is 0 Å². The summed E-state index contributed by atoms with van der Waals surface area (Å²) in [5.41, 5.74) is 1.52. The molecule has 0 aliphatic heterocycles. The maximum Gasteiger partial charge on any atom is 0.281 e. The molecule has 24 heavy (non-hydrogen) atoms. The molecule has 0 unspecified atom stereocenters. The first-order chi connectivity index (χ1) is 11.7. The minimum Gasteiger partial charge on any atom is -0.346 e. The van der Waals surface area contributed by atoms with Crippen LogP contribution in [0.25, 0.3) is 16.6 Å². The molecule has 0 atom stereocenters. The third-order valence-corrected chi connectivity index (χ3v) is 3.78. The molecule has 2 N–H and O–H groups in total. The molecular formula is C17H13N5O2. The summed E-state index contributed by atoms with van der Waals surface area (Å²) in [7, 11) is 0. The molecule has 4 aromatic rings. The first kappa shape index (κ1) is 14.1. The van der Waals surface area contributed by atoms with Crippen LogP contribution in [0.1, 0.15) is 16.1 Å². The van der Waals surface area contributed by atoms with E-state index in [0.29, 0.717) is 17.4 Å². The molecule has 0 aliphatic rings. The second-order valence-electron chi connectivity index (χ2n) is 5.32. The van der Waals surface area contributed by atoms with Crippen LogP contribution >= 0.6 is 0 Å². The monoisotopic (exact) mass is 319 g/mol. The first-order valence-electron chi connectivity index (χ1n) is 7.42. The van der Waals surface area contributed by atoms with Crippen LogP contribution in [0, 0.1) is 0 Å². The molecule has 2 aromatic carbocycles. The van der Waals surface area contributed by atoms with E-state index in [-0.39, 0.29) is 22.8 Å². The van der Waals surface area contributed by atoms with Gasteiger partial charge in [0.05, 0.1) is 10.9 Å². The highest BCUT2D eigenvalue weighted by molar-refractivity contribution is 5.98. The molecule has 0 aliphatic carbocycles. The van der Waals surface area contributed by atoms with Crippen LogP contribution in [0.5, 0.6) is 0 Å². The number of nitrogens with zero attached hydrogens (tertiary/aromatic N) is 3. The van der Waals surface area contributed by atoms with Crippen LogP contribution in [0.15, 0.2) is 59.4 Å². The number of fused-ring (bicyclic) bond motifs is 3. The lowest BCUT2D eigenvalue weighted by atomic mass is 10.2. The van der Waals surface area contributed by atoms with Gasteiger partial charge in [0.15, 0.2) is 11.3 Å². The first-order valence-corrected chi connectivity index (χ1v) is 7.42. The lowest BCUT2D eigenvalue weighted by Gasteiger charge is -2.03. The van der Waals surface area contributed by atoms with E-state index in [1.165, 1.54) is 4.52 Å². The number of benzene rings is 2. The van der Waals surface area contributed by atoms with Gasteiger partial charge in [-0.15, -0.1) is 5.10 Å². The normalized spacial score (nSPS) is 11.0. The number of hydrogen-bond donors (Lipinski definition) is 2. The Kier molecular flexibility index (Phi) is 3.31. The lowest BCUT2D eigenvalue weighted by molar-refractivity contribution is 0.0947. The molecule has 118 valence electrons. The topological polar surface area (TPSA) is 92.2 Å². The van der Waals surface area contributed by atoms with Gasteiger partial charge < -0.3 is 5.32 Å². The van der Waals surface area contributed by atoms with E-state index in [9.17, 15) is 9.59 Å². The molecule has 0 saturated carbocycles. The summed E-state index contributed by atoms with van der Waals surface area (Å²) < 4.78 is 1.54. The van der Waals surface area contributed by atoms with Crippen LogP contribution in [0.4, 0.5) is 0 Å². The van der Waals surface area contributed by atoms with E-state index in [4.69, 9.17) is 0 Å². The van der Waals surface area contributed by atoms with E-state index < -0.39 is 0 Å². The Hall–Kier alpha value is -3.48. The van der Waals surface area contributed by atoms with Crippen molar-refractivity contribution in [3.8, 4) is 0 Å². The van der Waals surface area contributed by atoms with E-state index >= 15 is 0 Å². The van der Waals surface area contributed by atoms with Crippen molar-refractivity contribution in [2.45, 2.75) is 6.54 Å². The zero-order valence-electron chi connectivity index (χ0n) is 12.6. The van der Waals surface area contributed by atoms with E-state index in [2.05, 4.69) is 20.6 Å². The minimum atomic E-state index is -0.389. The maximum absolute atomic E-state index is 12.4. The van der Waals surface area contributed by atoms with E-state index in [1.54, 1.807) is 18.2 Å². The molecule has 7 nitrogen and oxygen atoms in total. The lowest BCUT2D eigenvalue weighted by Crippen LogP contribution is -2.24. The number of carbonyl (C=O) groups is 1. The van der Waals surface area contributed by atoms with Crippen molar-refractivity contribution in [2.75, 3.05) is 0 Å². The summed E-state index contributed by atoms with van der Waals surface area (Å²) in [6, 6.07) is 16.6. The molecular weight excluding hydrogens is 306 g/mol. The molecule has 4 rings (SSSR count). The third-order valence-electron chi connectivity index (χ3n) is 3.78. The highest BCUT2D eigenvalue weighted by atomic mass is 16.2. The van der Waals surface area contributed by atoms with Gasteiger partial charge in [-0.3, -0.25) is 9.59 Å². The van der Waals surface area contributed by atoms with Crippen LogP contribution < -0.4 is 10.9 Å². The van der Waals surface area contributed by atoms with Crippen LogP contribution in [-0.2, 0) is 6.54 Å². The standard InChI is InChI=1S/C17H13N5O2/c23-16-12-8-4-5-9-13(12)22-15(19-16)14(20-21-22)17(24)18-10-11-6-2-1-3-7-11/h1-9,21H,10H2,(H,18,24). The van der Waals surface area contributed by atoms with Gasteiger partial charge in [-0.25, -0.2) is 9.73 Å². The fourth-order valence-electron chi connectivity index (χ4n) is 2.59. The van der Waals surface area contributed by atoms with Crippen LogP contribution in [0.3, 0.4) is 0 Å². The summed E-state index contributed by atoms with van der Waals surface area (Å²) in [5, 5.41) is 10.0. The summed E-state index contributed by atoms with van der Waals surface area (Å²) in [4.78, 5) is 28.5. The zero-order chi connectivity index (χ0) is 16.5. The molecule has 0 spiro atoms. The molecule has 7 heteroatoms. The van der Waals surface area contributed by atoms with Gasteiger partial charge >= 0.3 is 0 Å². The molecule has 1 amide bonds. The summed E-state index contributed by atoms with van der Waals surface area (Å²) in [5.74, 6) is -0.389. The van der Waals surface area contributed by atoms with Gasteiger partial charge in [-0.1, -0.05) is 42.5 Å². The third kappa shape index (κ3) is 2.32. The number of nitrogens with one attached hydrogen (secondary N) is 2. The minimum absolute atomic E-state index is 0.0915. The SMILES string of the molecule is O=C(NCc1ccccc1)c1n[nH]n2c1nc(=O)c1ccccc12. The van der Waals surface area contributed by atoms with Crippen molar-refractivity contribution in [2.24, 2.45) is 0 Å². The van der Waals surface area contributed by atoms with Gasteiger partial charge in [0, 0.05) is 6.54 Å². The summed E-state index contributed by atoms with van der Waals surface area (Å²) in [6.07, 6.45) is 0. The highest BCUT2D eigenvalue weighted by Gasteiger charge is 2.17.